The number of nitrogen functional groups attached to an aromatic ring is 1. The third-order valence-electron chi connectivity index (χ3n) is 3.49. The fourth-order valence-corrected chi connectivity index (χ4v) is 2.40. The van der Waals surface area contributed by atoms with Crippen molar-refractivity contribution in [3.05, 3.63) is 96.1 Å². The molecule has 3 rings (SSSR count). The zero-order chi connectivity index (χ0) is 14.5. The SMILES string of the molecule is Nc1ccc(NC(c2ccccc2)c2ccccc2)cc1. The molecule has 0 saturated carbocycles. The molecule has 2 heteroatoms. The molecular weight excluding hydrogens is 256 g/mol. The maximum Gasteiger partial charge on any atom is 0.0767 e. The van der Waals surface area contributed by atoms with Crippen LogP contribution in [0.3, 0.4) is 0 Å². The summed E-state index contributed by atoms with van der Waals surface area (Å²) in [6, 6.07) is 28.9. The van der Waals surface area contributed by atoms with E-state index in [9.17, 15) is 0 Å². The minimum absolute atomic E-state index is 0.121. The fraction of sp³-hybridized carbons (Fsp3) is 0.0526. The van der Waals surface area contributed by atoms with E-state index in [1.165, 1.54) is 11.1 Å². The second kappa shape index (κ2) is 6.14. The first-order valence-corrected chi connectivity index (χ1v) is 7.05. The van der Waals surface area contributed by atoms with Gasteiger partial charge in [-0.2, -0.15) is 0 Å². The van der Waals surface area contributed by atoms with Gasteiger partial charge in [0.25, 0.3) is 0 Å². The monoisotopic (exact) mass is 274 g/mol. The van der Waals surface area contributed by atoms with E-state index in [0.717, 1.165) is 11.4 Å². The van der Waals surface area contributed by atoms with Crippen LogP contribution in [0, 0.1) is 0 Å². The summed E-state index contributed by atoms with van der Waals surface area (Å²) in [6.07, 6.45) is 0. The number of hydrogen-bond acceptors (Lipinski definition) is 2. The number of nitrogens with two attached hydrogens (primary N) is 1. The Morgan fingerprint density at radius 3 is 1.57 bits per heavy atom. The van der Waals surface area contributed by atoms with Crippen LogP contribution in [-0.4, -0.2) is 0 Å². The summed E-state index contributed by atoms with van der Waals surface area (Å²) in [6.45, 7) is 0. The van der Waals surface area contributed by atoms with Crippen molar-refractivity contribution >= 4 is 11.4 Å². The van der Waals surface area contributed by atoms with Gasteiger partial charge in [-0.25, -0.2) is 0 Å². The lowest BCUT2D eigenvalue weighted by molar-refractivity contribution is 0.939. The first kappa shape index (κ1) is 13.3. The van der Waals surface area contributed by atoms with E-state index >= 15 is 0 Å². The van der Waals surface area contributed by atoms with Crippen molar-refractivity contribution in [2.24, 2.45) is 0 Å². The molecule has 0 aliphatic rings. The van der Waals surface area contributed by atoms with Gasteiger partial charge in [0.1, 0.15) is 0 Å². The minimum atomic E-state index is 0.121. The van der Waals surface area contributed by atoms with Crippen molar-refractivity contribution in [2.45, 2.75) is 6.04 Å². The average molecular weight is 274 g/mol. The van der Waals surface area contributed by atoms with Crippen LogP contribution in [0.15, 0.2) is 84.9 Å². The zero-order valence-corrected chi connectivity index (χ0v) is 11.7. The second-order valence-corrected chi connectivity index (χ2v) is 5.02. The largest absolute Gasteiger partial charge is 0.399 e. The molecule has 0 heterocycles. The summed E-state index contributed by atoms with van der Waals surface area (Å²) < 4.78 is 0. The van der Waals surface area contributed by atoms with Crippen molar-refractivity contribution in [2.75, 3.05) is 11.1 Å². The Morgan fingerprint density at radius 1 is 0.619 bits per heavy atom. The Balaban J connectivity index is 1.95. The zero-order valence-electron chi connectivity index (χ0n) is 11.7. The van der Waals surface area contributed by atoms with Gasteiger partial charge in [0.2, 0.25) is 0 Å². The summed E-state index contributed by atoms with van der Waals surface area (Å²) in [7, 11) is 0. The summed E-state index contributed by atoms with van der Waals surface area (Å²) in [5.74, 6) is 0. The molecule has 0 saturated heterocycles. The van der Waals surface area contributed by atoms with Crippen LogP contribution in [0.25, 0.3) is 0 Å². The van der Waals surface area contributed by atoms with Crippen molar-refractivity contribution in [1.82, 2.24) is 0 Å². The molecule has 0 unspecified atom stereocenters. The highest BCUT2D eigenvalue weighted by Crippen LogP contribution is 2.26. The van der Waals surface area contributed by atoms with Crippen molar-refractivity contribution < 1.29 is 0 Å². The van der Waals surface area contributed by atoms with Gasteiger partial charge in [-0.3, -0.25) is 0 Å². The Bertz CT molecular complexity index is 636. The normalized spacial score (nSPS) is 10.5. The number of anilines is 2. The Morgan fingerprint density at radius 2 is 1.10 bits per heavy atom. The topological polar surface area (TPSA) is 38.0 Å². The highest BCUT2D eigenvalue weighted by atomic mass is 14.9. The molecule has 21 heavy (non-hydrogen) atoms. The van der Waals surface area contributed by atoms with Crippen molar-refractivity contribution in [3.8, 4) is 0 Å². The molecule has 3 N–H and O–H groups in total. The number of benzene rings is 3. The van der Waals surface area contributed by atoms with Crippen molar-refractivity contribution in [3.63, 3.8) is 0 Å². The average Bonchev–Trinajstić information content (AvgIpc) is 2.56. The van der Waals surface area contributed by atoms with Crippen LogP contribution in [0.1, 0.15) is 17.2 Å². The summed E-state index contributed by atoms with van der Waals surface area (Å²) in [5.41, 5.74) is 10.1. The van der Waals surface area contributed by atoms with Gasteiger partial charge >= 0.3 is 0 Å². The highest BCUT2D eigenvalue weighted by Gasteiger charge is 2.13. The first-order valence-electron chi connectivity index (χ1n) is 7.05. The summed E-state index contributed by atoms with van der Waals surface area (Å²) in [4.78, 5) is 0. The number of rotatable bonds is 4. The Hall–Kier alpha value is -2.74. The maximum absolute atomic E-state index is 5.75. The minimum Gasteiger partial charge on any atom is -0.399 e. The third kappa shape index (κ3) is 3.23. The molecule has 0 spiro atoms. The number of hydrogen-bond donors (Lipinski definition) is 2. The second-order valence-electron chi connectivity index (χ2n) is 5.02. The smallest absolute Gasteiger partial charge is 0.0767 e. The van der Waals surface area contributed by atoms with Crippen LogP contribution in [-0.2, 0) is 0 Å². The molecule has 0 radical (unpaired) electrons. The van der Waals surface area contributed by atoms with E-state index in [2.05, 4.69) is 53.8 Å². The quantitative estimate of drug-likeness (QED) is 0.689. The molecule has 0 atom stereocenters. The van der Waals surface area contributed by atoms with Crippen LogP contribution in [0.4, 0.5) is 11.4 Å². The molecule has 3 aromatic carbocycles. The molecular formula is C19H18N2. The van der Waals surface area contributed by atoms with Crippen LogP contribution < -0.4 is 11.1 Å². The van der Waals surface area contributed by atoms with E-state index in [0.29, 0.717) is 0 Å². The van der Waals surface area contributed by atoms with E-state index in [4.69, 9.17) is 5.73 Å². The predicted octanol–water partition coefficient (Wildman–Crippen LogP) is 4.47. The molecule has 0 amide bonds. The van der Waals surface area contributed by atoms with E-state index in [-0.39, 0.29) is 6.04 Å². The van der Waals surface area contributed by atoms with Crippen LogP contribution in [0.2, 0.25) is 0 Å². The van der Waals surface area contributed by atoms with E-state index in [1.54, 1.807) is 0 Å². The first-order chi connectivity index (χ1) is 10.3. The highest BCUT2D eigenvalue weighted by molar-refractivity contribution is 5.54. The van der Waals surface area contributed by atoms with Gasteiger partial charge in [0.15, 0.2) is 0 Å². The summed E-state index contributed by atoms with van der Waals surface area (Å²) >= 11 is 0. The van der Waals surface area contributed by atoms with Gasteiger partial charge in [-0.05, 0) is 35.4 Å². The molecule has 0 bridgehead atoms. The molecule has 0 fully saturated rings. The Kier molecular flexibility index (Phi) is 3.88. The lowest BCUT2D eigenvalue weighted by Crippen LogP contribution is -2.12. The predicted molar refractivity (Wildman–Crippen MR) is 89.2 cm³/mol. The van der Waals surface area contributed by atoms with E-state index in [1.807, 2.05) is 36.4 Å². The molecule has 2 nitrogen and oxygen atoms in total. The molecule has 0 aromatic heterocycles. The standard InChI is InChI=1S/C19H18N2/c20-17-11-13-18(14-12-17)21-19(15-7-3-1-4-8-15)16-9-5-2-6-10-16/h1-14,19,21H,20H2. The lowest BCUT2D eigenvalue weighted by Gasteiger charge is -2.21. The summed E-state index contributed by atoms with van der Waals surface area (Å²) in [5, 5.41) is 3.58. The number of nitrogens with one attached hydrogen (secondary N) is 1. The van der Waals surface area contributed by atoms with Crippen LogP contribution in [0.5, 0.6) is 0 Å². The van der Waals surface area contributed by atoms with Crippen LogP contribution >= 0.6 is 0 Å². The molecule has 104 valence electrons. The fourth-order valence-electron chi connectivity index (χ4n) is 2.40. The van der Waals surface area contributed by atoms with Gasteiger partial charge < -0.3 is 11.1 Å². The van der Waals surface area contributed by atoms with Crippen molar-refractivity contribution in [1.29, 1.82) is 0 Å². The van der Waals surface area contributed by atoms with Gasteiger partial charge in [-0.1, -0.05) is 60.7 Å². The molecule has 3 aromatic rings. The van der Waals surface area contributed by atoms with E-state index < -0.39 is 0 Å². The maximum atomic E-state index is 5.75. The Labute approximate surface area is 125 Å². The van der Waals surface area contributed by atoms with Gasteiger partial charge in [0.05, 0.1) is 6.04 Å². The third-order valence-corrected chi connectivity index (χ3v) is 3.49. The molecule has 0 aliphatic heterocycles. The van der Waals surface area contributed by atoms with Gasteiger partial charge in [0, 0.05) is 11.4 Å². The molecule has 0 aliphatic carbocycles. The lowest BCUT2D eigenvalue weighted by atomic mass is 9.98. The van der Waals surface area contributed by atoms with Gasteiger partial charge in [-0.15, -0.1) is 0 Å².